The van der Waals surface area contributed by atoms with E-state index in [2.05, 4.69) is 25.7 Å². The summed E-state index contributed by atoms with van der Waals surface area (Å²) in [5, 5.41) is 18.0. The van der Waals surface area contributed by atoms with Gasteiger partial charge in [-0.25, -0.2) is 0 Å². The molecule has 4 aromatic rings. The van der Waals surface area contributed by atoms with Crippen molar-refractivity contribution in [2.75, 3.05) is 11.5 Å². The number of nitrogens with one attached hydrogen (secondary N) is 3. The first-order valence-electron chi connectivity index (χ1n) is 7.36. The van der Waals surface area contributed by atoms with Crippen LogP contribution in [0.2, 0.25) is 0 Å². The van der Waals surface area contributed by atoms with Gasteiger partial charge in [0.25, 0.3) is 5.91 Å². The summed E-state index contributed by atoms with van der Waals surface area (Å²) in [6, 6.07) is 10.9. The Morgan fingerprint density at radius 2 is 1.58 bits per heavy atom. The summed E-state index contributed by atoms with van der Waals surface area (Å²) in [5.41, 5.74) is 14.7. The smallest absolute Gasteiger partial charge is 0.251 e. The Balaban J connectivity index is 1.53. The SMILES string of the molecule is Nc1n[nH]c2ccc(CNC(=O)c3ccc4[nH]nc(N)c4c3)cc12. The number of rotatable bonds is 3. The number of aromatic nitrogens is 4. The van der Waals surface area contributed by atoms with Crippen LogP contribution in [0.1, 0.15) is 15.9 Å². The quantitative estimate of drug-likeness (QED) is 0.389. The van der Waals surface area contributed by atoms with E-state index in [0.29, 0.717) is 23.7 Å². The molecule has 0 saturated heterocycles. The molecule has 8 heteroatoms. The molecule has 0 aliphatic rings. The number of anilines is 2. The molecule has 24 heavy (non-hydrogen) atoms. The molecular weight excluding hydrogens is 306 g/mol. The van der Waals surface area contributed by atoms with Gasteiger partial charge in [0, 0.05) is 22.9 Å². The molecule has 0 atom stereocenters. The van der Waals surface area contributed by atoms with Crippen molar-refractivity contribution in [2.24, 2.45) is 0 Å². The number of fused-ring (bicyclic) bond motifs is 2. The van der Waals surface area contributed by atoms with Gasteiger partial charge in [-0.05, 0) is 35.9 Å². The number of nitrogens with two attached hydrogens (primary N) is 2. The molecule has 2 aromatic carbocycles. The van der Waals surface area contributed by atoms with Crippen LogP contribution in [-0.2, 0) is 6.54 Å². The summed E-state index contributed by atoms with van der Waals surface area (Å²) in [6.45, 7) is 0.387. The van der Waals surface area contributed by atoms with Gasteiger partial charge in [0.2, 0.25) is 0 Å². The molecule has 0 unspecified atom stereocenters. The van der Waals surface area contributed by atoms with Crippen molar-refractivity contribution in [1.29, 1.82) is 0 Å². The van der Waals surface area contributed by atoms with Gasteiger partial charge < -0.3 is 16.8 Å². The van der Waals surface area contributed by atoms with Gasteiger partial charge >= 0.3 is 0 Å². The standard InChI is InChI=1S/C16H15N7O/c17-14-10-5-8(1-3-12(10)20-22-14)7-19-16(24)9-2-4-13-11(6-9)15(18)23-21-13/h1-6H,7H2,(H,19,24)(H3,17,20,22)(H3,18,21,23). The van der Waals surface area contributed by atoms with Crippen LogP contribution >= 0.6 is 0 Å². The second-order valence-electron chi connectivity index (χ2n) is 5.54. The van der Waals surface area contributed by atoms with E-state index in [4.69, 9.17) is 11.5 Å². The highest BCUT2D eigenvalue weighted by Crippen LogP contribution is 2.20. The summed E-state index contributed by atoms with van der Waals surface area (Å²) in [7, 11) is 0. The second-order valence-corrected chi connectivity index (χ2v) is 5.54. The second kappa shape index (κ2) is 5.27. The predicted octanol–water partition coefficient (Wildman–Crippen LogP) is 1.53. The van der Waals surface area contributed by atoms with Crippen LogP contribution in [0.25, 0.3) is 21.8 Å². The average Bonchev–Trinajstić information content (AvgIpc) is 3.16. The van der Waals surface area contributed by atoms with Crippen molar-refractivity contribution >= 4 is 39.3 Å². The molecule has 0 fully saturated rings. The Labute approximate surface area is 136 Å². The molecule has 0 radical (unpaired) electrons. The van der Waals surface area contributed by atoms with Crippen molar-refractivity contribution in [1.82, 2.24) is 25.7 Å². The Kier molecular flexibility index (Phi) is 3.09. The maximum Gasteiger partial charge on any atom is 0.251 e. The van der Waals surface area contributed by atoms with Crippen molar-refractivity contribution < 1.29 is 4.79 Å². The predicted molar refractivity (Wildman–Crippen MR) is 92.2 cm³/mol. The van der Waals surface area contributed by atoms with Gasteiger partial charge in [-0.2, -0.15) is 10.2 Å². The number of nitrogens with zero attached hydrogens (tertiary/aromatic N) is 2. The normalized spacial score (nSPS) is 11.2. The van der Waals surface area contributed by atoms with Gasteiger partial charge in [0.15, 0.2) is 11.6 Å². The summed E-state index contributed by atoms with van der Waals surface area (Å²) < 4.78 is 0. The van der Waals surface area contributed by atoms with Crippen LogP contribution in [0.3, 0.4) is 0 Å². The van der Waals surface area contributed by atoms with E-state index in [-0.39, 0.29) is 5.91 Å². The lowest BCUT2D eigenvalue weighted by Gasteiger charge is -2.06. The maximum atomic E-state index is 12.3. The Bertz CT molecular complexity index is 1060. The van der Waals surface area contributed by atoms with Gasteiger partial charge in [-0.1, -0.05) is 6.07 Å². The zero-order valence-electron chi connectivity index (χ0n) is 12.6. The number of benzene rings is 2. The summed E-state index contributed by atoms with van der Waals surface area (Å²) >= 11 is 0. The minimum absolute atomic E-state index is 0.183. The van der Waals surface area contributed by atoms with Crippen LogP contribution in [-0.4, -0.2) is 26.3 Å². The average molecular weight is 321 g/mol. The first-order chi connectivity index (χ1) is 11.6. The number of nitrogen functional groups attached to an aromatic ring is 2. The van der Waals surface area contributed by atoms with E-state index in [1.165, 1.54) is 0 Å². The Morgan fingerprint density at radius 3 is 2.29 bits per heavy atom. The molecule has 0 spiro atoms. The fourth-order valence-corrected chi connectivity index (χ4v) is 2.65. The lowest BCUT2D eigenvalue weighted by atomic mass is 10.1. The topological polar surface area (TPSA) is 138 Å². The lowest BCUT2D eigenvalue weighted by molar-refractivity contribution is 0.0951. The molecule has 2 heterocycles. The van der Waals surface area contributed by atoms with Gasteiger partial charge in [-0.15, -0.1) is 0 Å². The number of hydrogen-bond donors (Lipinski definition) is 5. The van der Waals surface area contributed by atoms with Crippen LogP contribution < -0.4 is 16.8 Å². The number of aromatic amines is 2. The summed E-state index contributed by atoms with van der Waals surface area (Å²) in [4.78, 5) is 12.3. The largest absolute Gasteiger partial charge is 0.382 e. The van der Waals surface area contributed by atoms with Crippen LogP contribution in [0.4, 0.5) is 11.6 Å². The van der Waals surface area contributed by atoms with Crippen LogP contribution in [0, 0.1) is 0 Å². The van der Waals surface area contributed by atoms with Crippen molar-refractivity contribution in [3.05, 3.63) is 47.5 Å². The molecule has 0 bridgehead atoms. The molecule has 0 aliphatic carbocycles. The van der Waals surface area contributed by atoms with E-state index in [0.717, 1.165) is 27.4 Å². The fraction of sp³-hybridized carbons (Fsp3) is 0.0625. The maximum absolute atomic E-state index is 12.3. The third-order valence-corrected chi connectivity index (χ3v) is 3.96. The monoisotopic (exact) mass is 321 g/mol. The number of carbonyl (C=O) groups is 1. The molecule has 120 valence electrons. The van der Waals surface area contributed by atoms with Crippen molar-refractivity contribution in [3.63, 3.8) is 0 Å². The molecular formula is C16H15N7O. The summed E-state index contributed by atoms with van der Waals surface area (Å²) in [5.74, 6) is 0.636. The van der Waals surface area contributed by atoms with Gasteiger partial charge in [-0.3, -0.25) is 15.0 Å². The molecule has 2 aromatic heterocycles. The molecule has 1 amide bonds. The lowest BCUT2D eigenvalue weighted by Crippen LogP contribution is -2.22. The number of carbonyl (C=O) groups excluding carboxylic acids is 1. The fourth-order valence-electron chi connectivity index (χ4n) is 2.65. The number of hydrogen-bond acceptors (Lipinski definition) is 5. The van der Waals surface area contributed by atoms with Crippen molar-refractivity contribution in [3.8, 4) is 0 Å². The Hall–Kier alpha value is -3.55. The first-order valence-corrected chi connectivity index (χ1v) is 7.36. The Morgan fingerprint density at radius 1 is 0.958 bits per heavy atom. The minimum Gasteiger partial charge on any atom is -0.382 e. The zero-order chi connectivity index (χ0) is 16.7. The van der Waals surface area contributed by atoms with E-state index in [1.54, 1.807) is 18.2 Å². The van der Waals surface area contributed by atoms with E-state index in [9.17, 15) is 4.79 Å². The van der Waals surface area contributed by atoms with E-state index >= 15 is 0 Å². The molecule has 0 saturated carbocycles. The highest BCUT2D eigenvalue weighted by Gasteiger charge is 2.10. The zero-order valence-corrected chi connectivity index (χ0v) is 12.6. The van der Waals surface area contributed by atoms with Crippen LogP contribution in [0.5, 0.6) is 0 Å². The molecule has 4 rings (SSSR count). The third kappa shape index (κ3) is 2.30. The third-order valence-electron chi connectivity index (χ3n) is 3.96. The number of amides is 1. The van der Waals surface area contributed by atoms with E-state index < -0.39 is 0 Å². The highest BCUT2D eigenvalue weighted by molar-refractivity contribution is 6.00. The van der Waals surface area contributed by atoms with Gasteiger partial charge in [0.05, 0.1) is 11.0 Å². The van der Waals surface area contributed by atoms with Crippen molar-refractivity contribution in [2.45, 2.75) is 6.54 Å². The number of H-pyrrole nitrogens is 2. The summed E-state index contributed by atoms with van der Waals surface area (Å²) in [6.07, 6.45) is 0. The van der Waals surface area contributed by atoms with Gasteiger partial charge in [0.1, 0.15) is 0 Å². The van der Waals surface area contributed by atoms with Crippen LogP contribution in [0.15, 0.2) is 36.4 Å². The van der Waals surface area contributed by atoms with E-state index in [1.807, 2.05) is 18.2 Å². The molecule has 8 nitrogen and oxygen atoms in total. The molecule has 7 N–H and O–H groups in total. The highest BCUT2D eigenvalue weighted by atomic mass is 16.1. The molecule has 0 aliphatic heterocycles. The first kappa shape index (κ1) is 14.1. The minimum atomic E-state index is -0.183.